The van der Waals surface area contributed by atoms with Gasteiger partial charge in [0.25, 0.3) is 0 Å². The molecule has 5 nitrogen and oxygen atoms in total. The summed E-state index contributed by atoms with van der Waals surface area (Å²) in [7, 11) is 0. The van der Waals surface area contributed by atoms with Gasteiger partial charge in [-0.15, -0.1) is 0 Å². The second kappa shape index (κ2) is 7.59. The van der Waals surface area contributed by atoms with Crippen LogP contribution in [-0.2, 0) is 4.74 Å². The maximum Gasteiger partial charge on any atom is 0.166 e. The van der Waals surface area contributed by atoms with Crippen molar-refractivity contribution in [3.63, 3.8) is 0 Å². The molecule has 1 aromatic rings. The molecule has 1 fully saturated rings. The minimum atomic E-state index is -0.725. The number of nitrogens with zero attached hydrogens (tertiary/aromatic N) is 1. The van der Waals surface area contributed by atoms with Gasteiger partial charge in [0.15, 0.2) is 6.29 Å². The molecule has 1 unspecified atom stereocenters. The number of rotatable bonds is 5. The van der Waals surface area contributed by atoms with Gasteiger partial charge in [-0.25, -0.2) is 0 Å². The van der Waals surface area contributed by atoms with Crippen molar-refractivity contribution in [2.24, 2.45) is 5.92 Å². The second-order valence-corrected chi connectivity index (χ2v) is 5.81. The van der Waals surface area contributed by atoms with Gasteiger partial charge in [0.1, 0.15) is 12.3 Å². The van der Waals surface area contributed by atoms with E-state index in [0.717, 1.165) is 24.7 Å². The van der Waals surface area contributed by atoms with Crippen LogP contribution in [0, 0.1) is 17.8 Å². The molecule has 0 saturated carbocycles. The molecule has 2 N–H and O–H groups in total. The lowest BCUT2D eigenvalue weighted by atomic mass is 10.1. The molecule has 2 heterocycles. The van der Waals surface area contributed by atoms with Crippen LogP contribution >= 0.6 is 0 Å². The number of aliphatic hydroxyl groups is 2. The van der Waals surface area contributed by atoms with Crippen molar-refractivity contribution in [2.45, 2.75) is 51.5 Å². The van der Waals surface area contributed by atoms with Gasteiger partial charge >= 0.3 is 0 Å². The minimum absolute atomic E-state index is 0.239. The smallest absolute Gasteiger partial charge is 0.166 e. The topological polar surface area (TPSA) is 71.7 Å². The van der Waals surface area contributed by atoms with Crippen LogP contribution in [0.3, 0.4) is 0 Å². The molecule has 22 heavy (non-hydrogen) atoms. The number of aliphatic hydroxyl groups excluding tert-OH is 2. The van der Waals surface area contributed by atoms with Crippen molar-refractivity contribution >= 4 is 6.29 Å². The normalized spacial score (nSPS) is 25.5. The van der Waals surface area contributed by atoms with Gasteiger partial charge in [-0.2, -0.15) is 0 Å². The Bertz CT molecular complexity index is 569. The summed E-state index contributed by atoms with van der Waals surface area (Å²) in [5, 5.41) is 18.9. The summed E-state index contributed by atoms with van der Waals surface area (Å²) in [6, 6.07) is 1.72. The van der Waals surface area contributed by atoms with Crippen LogP contribution in [0.4, 0.5) is 0 Å². The zero-order valence-corrected chi connectivity index (χ0v) is 13.0. The number of carbonyl (C=O) groups is 1. The highest BCUT2D eigenvalue weighted by Gasteiger charge is 2.35. The highest BCUT2D eigenvalue weighted by Crippen LogP contribution is 2.30. The van der Waals surface area contributed by atoms with Crippen LogP contribution in [0.5, 0.6) is 0 Å². The molecule has 2 rings (SSSR count). The van der Waals surface area contributed by atoms with E-state index < -0.39 is 18.4 Å². The minimum Gasteiger partial charge on any atom is -0.394 e. The molecular formula is C17H23NO4. The summed E-state index contributed by atoms with van der Waals surface area (Å²) in [5.41, 5.74) is 1.22. The Morgan fingerprint density at radius 1 is 1.59 bits per heavy atom. The first-order valence-corrected chi connectivity index (χ1v) is 7.69. The van der Waals surface area contributed by atoms with Gasteiger partial charge in [-0.05, 0) is 12.0 Å². The molecule has 0 aromatic carbocycles. The van der Waals surface area contributed by atoms with E-state index in [9.17, 15) is 9.90 Å². The van der Waals surface area contributed by atoms with Gasteiger partial charge in [0, 0.05) is 24.6 Å². The zero-order chi connectivity index (χ0) is 16.1. The van der Waals surface area contributed by atoms with Crippen LogP contribution in [-0.4, -0.2) is 39.9 Å². The van der Waals surface area contributed by atoms with Crippen molar-refractivity contribution in [1.29, 1.82) is 0 Å². The van der Waals surface area contributed by atoms with Crippen LogP contribution in [0.25, 0.3) is 0 Å². The fourth-order valence-electron chi connectivity index (χ4n) is 2.43. The lowest BCUT2D eigenvalue weighted by molar-refractivity contribution is -0.0445. The molecule has 1 aliphatic rings. The van der Waals surface area contributed by atoms with Crippen molar-refractivity contribution in [3.05, 3.63) is 23.5 Å². The van der Waals surface area contributed by atoms with Gasteiger partial charge in [-0.1, -0.05) is 32.1 Å². The number of hydrogen-bond donors (Lipinski definition) is 2. The number of carbonyl (C=O) groups excluding carboxylic acids is 1. The molecule has 1 aromatic heterocycles. The third kappa shape index (κ3) is 3.77. The average Bonchev–Trinajstić information content (AvgIpc) is 3.09. The third-order valence-electron chi connectivity index (χ3n) is 4.07. The lowest BCUT2D eigenvalue weighted by Gasteiger charge is -2.14. The fourth-order valence-corrected chi connectivity index (χ4v) is 2.43. The summed E-state index contributed by atoms with van der Waals surface area (Å²) in [5.74, 6) is 6.75. The Balaban J connectivity index is 2.14. The SMILES string of the molecule is CC[C@@H](C)CC#Cc1cc(C=O)n([C@H]2CC(O)[C@@H](CO)O2)c1. The molecule has 0 bridgehead atoms. The van der Waals surface area contributed by atoms with E-state index in [0.29, 0.717) is 18.0 Å². The van der Waals surface area contributed by atoms with Gasteiger partial charge in [0.2, 0.25) is 0 Å². The number of hydrogen-bond acceptors (Lipinski definition) is 4. The molecule has 0 amide bonds. The van der Waals surface area contributed by atoms with Crippen LogP contribution in [0.1, 0.15) is 55.4 Å². The summed E-state index contributed by atoms with van der Waals surface area (Å²) >= 11 is 0. The van der Waals surface area contributed by atoms with E-state index in [1.165, 1.54) is 0 Å². The first-order chi connectivity index (χ1) is 10.6. The molecule has 0 aliphatic carbocycles. The monoisotopic (exact) mass is 305 g/mol. The summed E-state index contributed by atoms with van der Waals surface area (Å²) < 4.78 is 7.26. The van der Waals surface area contributed by atoms with Crippen molar-refractivity contribution in [2.75, 3.05) is 6.61 Å². The zero-order valence-electron chi connectivity index (χ0n) is 13.0. The Hall–Kier alpha value is -1.61. The quantitative estimate of drug-likeness (QED) is 0.642. The molecule has 1 aliphatic heterocycles. The van der Waals surface area contributed by atoms with Gasteiger partial charge in [-0.3, -0.25) is 4.79 Å². The molecular weight excluding hydrogens is 282 g/mol. The molecule has 120 valence electrons. The van der Waals surface area contributed by atoms with Crippen LogP contribution in [0.15, 0.2) is 12.3 Å². The number of ether oxygens (including phenoxy) is 1. The first kappa shape index (κ1) is 16.8. The molecule has 5 heteroatoms. The fraction of sp³-hybridized carbons (Fsp3) is 0.588. The Morgan fingerprint density at radius 3 is 2.95 bits per heavy atom. The largest absolute Gasteiger partial charge is 0.394 e. The van der Waals surface area contributed by atoms with E-state index in [4.69, 9.17) is 9.84 Å². The molecule has 0 radical (unpaired) electrons. The highest BCUT2D eigenvalue weighted by atomic mass is 16.5. The van der Waals surface area contributed by atoms with Crippen LogP contribution < -0.4 is 0 Å². The molecule has 0 spiro atoms. The molecule has 1 saturated heterocycles. The van der Waals surface area contributed by atoms with E-state index in [1.54, 1.807) is 16.8 Å². The maximum atomic E-state index is 11.2. The highest BCUT2D eigenvalue weighted by molar-refractivity contribution is 5.73. The Kier molecular flexibility index (Phi) is 5.78. The van der Waals surface area contributed by atoms with Crippen molar-refractivity contribution < 1.29 is 19.7 Å². The van der Waals surface area contributed by atoms with E-state index in [2.05, 4.69) is 25.7 Å². The third-order valence-corrected chi connectivity index (χ3v) is 4.07. The van der Waals surface area contributed by atoms with E-state index >= 15 is 0 Å². The van der Waals surface area contributed by atoms with Gasteiger partial charge < -0.3 is 19.5 Å². The Labute approximate surface area is 130 Å². The predicted molar refractivity (Wildman–Crippen MR) is 82.4 cm³/mol. The molecule has 4 atom stereocenters. The predicted octanol–water partition coefficient (Wildman–Crippen LogP) is 1.73. The van der Waals surface area contributed by atoms with Gasteiger partial charge in [0.05, 0.1) is 18.4 Å². The number of aldehydes is 1. The maximum absolute atomic E-state index is 11.2. The Morgan fingerprint density at radius 2 is 2.36 bits per heavy atom. The lowest BCUT2D eigenvalue weighted by Crippen LogP contribution is -2.24. The second-order valence-electron chi connectivity index (χ2n) is 5.81. The average molecular weight is 305 g/mol. The van der Waals surface area contributed by atoms with E-state index in [-0.39, 0.29) is 6.61 Å². The summed E-state index contributed by atoms with van der Waals surface area (Å²) in [6.07, 6.45) is 3.00. The van der Waals surface area contributed by atoms with Crippen LogP contribution in [0.2, 0.25) is 0 Å². The number of aromatic nitrogens is 1. The summed E-state index contributed by atoms with van der Waals surface area (Å²) in [4.78, 5) is 11.2. The van der Waals surface area contributed by atoms with Crippen molar-refractivity contribution in [1.82, 2.24) is 4.57 Å². The van der Waals surface area contributed by atoms with Crippen molar-refractivity contribution in [3.8, 4) is 11.8 Å². The first-order valence-electron chi connectivity index (χ1n) is 7.69. The van der Waals surface area contributed by atoms with E-state index in [1.807, 2.05) is 0 Å². The summed E-state index contributed by atoms with van der Waals surface area (Å²) in [6.45, 7) is 4.05. The standard InChI is InChI=1S/C17H23NO4/c1-3-12(2)5-4-6-13-7-14(10-19)18(9-13)17-8-15(21)16(11-20)22-17/h7,9-10,12,15-17,20-21H,3,5,8,11H2,1-2H3/t12-,15?,16-,17-/m1/s1.